The van der Waals surface area contributed by atoms with Crippen molar-refractivity contribution in [2.45, 2.75) is 6.92 Å². The Balaban J connectivity index is 1.87. The van der Waals surface area contributed by atoms with E-state index >= 15 is 0 Å². The molecule has 106 valence electrons. The minimum absolute atomic E-state index is 0.0852. The molecule has 2 aromatic heterocycles. The van der Waals surface area contributed by atoms with Gasteiger partial charge < -0.3 is 9.63 Å². The molecule has 9 heteroatoms. The second kappa shape index (κ2) is 4.94. The van der Waals surface area contributed by atoms with Crippen molar-refractivity contribution in [1.82, 2.24) is 15.1 Å². The zero-order valence-electron chi connectivity index (χ0n) is 10.7. The Morgan fingerprint density at radius 1 is 1.33 bits per heavy atom. The number of nitrogens with zero attached hydrogens (tertiary/aromatic N) is 3. The third kappa shape index (κ3) is 2.58. The van der Waals surface area contributed by atoms with Gasteiger partial charge in [-0.1, -0.05) is 16.5 Å². The zero-order valence-corrected chi connectivity index (χ0v) is 11.5. The van der Waals surface area contributed by atoms with E-state index < -0.39 is 11.9 Å². The Hall–Kier alpha value is -2.81. The molecule has 0 bridgehead atoms. The Bertz CT molecular complexity index is 854. The van der Waals surface area contributed by atoms with Crippen molar-refractivity contribution in [1.29, 1.82) is 0 Å². The Morgan fingerprint density at radius 3 is 2.81 bits per heavy atom. The number of carbonyl (C=O) groups is 2. The molecular weight excluding hydrogens is 296 g/mol. The second-order valence-corrected chi connectivity index (χ2v) is 5.13. The average Bonchev–Trinajstić information content (AvgIpc) is 3.03. The molecule has 0 saturated carbocycles. The van der Waals surface area contributed by atoms with Gasteiger partial charge in [-0.15, -0.1) is 0 Å². The van der Waals surface area contributed by atoms with Gasteiger partial charge in [0.2, 0.25) is 5.89 Å². The normalized spacial score (nSPS) is 10.7. The van der Waals surface area contributed by atoms with E-state index in [4.69, 9.17) is 9.63 Å². The zero-order chi connectivity index (χ0) is 15.0. The molecule has 1 aromatic carbocycles. The van der Waals surface area contributed by atoms with Crippen LogP contribution in [-0.2, 0) is 0 Å². The van der Waals surface area contributed by atoms with E-state index in [1.165, 1.54) is 23.5 Å². The van der Waals surface area contributed by atoms with Crippen molar-refractivity contribution >= 4 is 38.6 Å². The molecule has 1 amide bonds. The Morgan fingerprint density at radius 2 is 2.14 bits per heavy atom. The molecule has 0 spiro atoms. The number of aromatic nitrogens is 3. The van der Waals surface area contributed by atoms with Crippen LogP contribution in [0.1, 0.15) is 26.9 Å². The maximum absolute atomic E-state index is 11.9. The molecular formula is C12H8N4O4S. The summed E-state index contributed by atoms with van der Waals surface area (Å²) in [6.45, 7) is 1.58. The SMILES string of the molecule is Cc1nc(C(=O)Nc2nc3ccc(C(=O)O)cc3s2)no1. The van der Waals surface area contributed by atoms with Gasteiger partial charge in [0.1, 0.15) is 0 Å². The highest BCUT2D eigenvalue weighted by Gasteiger charge is 2.15. The number of amides is 1. The van der Waals surface area contributed by atoms with Crippen LogP contribution in [-0.4, -0.2) is 32.1 Å². The Labute approximate surface area is 121 Å². The number of carbonyl (C=O) groups excluding carboxylic acids is 1. The van der Waals surface area contributed by atoms with Crippen molar-refractivity contribution in [3.05, 3.63) is 35.5 Å². The molecule has 0 aliphatic carbocycles. The fourth-order valence-corrected chi connectivity index (χ4v) is 2.56. The number of carboxylic acids is 1. The molecule has 0 radical (unpaired) electrons. The summed E-state index contributed by atoms with van der Waals surface area (Å²) in [4.78, 5) is 30.8. The van der Waals surface area contributed by atoms with Crippen LogP contribution in [0.3, 0.4) is 0 Å². The van der Waals surface area contributed by atoms with Crippen molar-refractivity contribution in [3.63, 3.8) is 0 Å². The highest BCUT2D eigenvalue weighted by atomic mass is 32.1. The molecule has 0 saturated heterocycles. The first-order chi connectivity index (χ1) is 10.0. The van der Waals surface area contributed by atoms with Gasteiger partial charge >= 0.3 is 5.97 Å². The predicted octanol–water partition coefficient (Wildman–Crippen LogP) is 1.94. The van der Waals surface area contributed by atoms with Gasteiger partial charge in [-0.2, -0.15) is 4.98 Å². The standard InChI is InChI=1S/C12H8N4O4S/c1-5-13-9(16-20-5)10(17)15-12-14-7-3-2-6(11(18)19)4-8(7)21-12/h2-4H,1H3,(H,18,19)(H,14,15,17). The van der Waals surface area contributed by atoms with Gasteiger partial charge in [-0.05, 0) is 18.2 Å². The van der Waals surface area contributed by atoms with E-state index in [9.17, 15) is 9.59 Å². The van der Waals surface area contributed by atoms with E-state index in [1.54, 1.807) is 13.0 Å². The molecule has 3 aromatic rings. The summed E-state index contributed by atoms with van der Waals surface area (Å²) >= 11 is 1.17. The summed E-state index contributed by atoms with van der Waals surface area (Å²) in [5.74, 6) is -1.35. The lowest BCUT2D eigenvalue weighted by Gasteiger charge is -1.94. The van der Waals surface area contributed by atoms with Gasteiger partial charge in [0.25, 0.3) is 11.7 Å². The first-order valence-corrected chi connectivity index (χ1v) is 6.60. The summed E-state index contributed by atoms with van der Waals surface area (Å²) in [7, 11) is 0. The fourth-order valence-electron chi connectivity index (χ4n) is 1.66. The number of carboxylic acid groups (broad SMARTS) is 1. The molecule has 2 N–H and O–H groups in total. The number of hydrogen-bond donors (Lipinski definition) is 2. The van der Waals surface area contributed by atoms with Crippen molar-refractivity contribution in [3.8, 4) is 0 Å². The smallest absolute Gasteiger partial charge is 0.335 e. The first-order valence-electron chi connectivity index (χ1n) is 5.78. The van der Waals surface area contributed by atoms with Crippen LogP contribution in [0.4, 0.5) is 5.13 Å². The molecule has 0 aliphatic rings. The van der Waals surface area contributed by atoms with Gasteiger partial charge in [0.15, 0.2) is 5.13 Å². The lowest BCUT2D eigenvalue weighted by molar-refractivity contribution is 0.0697. The minimum atomic E-state index is -1.02. The van der Waals surface area contributed by atoms with Crippen molar-refractivity contribution < 1.29 is 19.2 Å². The number of hydrogen-bond acceptors (Lipinski definition) is 7. The quantitative estimate of drug-likeness (QED) is 0.759. The fraction of sp³-hybridized carbons (Fsp3) is 0.0833. The number of fused-ring (bicyclic) bond motifs is 1. The van der Waals surface area contributed by atoms with Crippen LogP contribution in [0.2, 0.25) is 0 Å². The van der Waals surface area contributed by atoms with Crippen molar-refractivity contribution in [2.24, 2.45) is 0 Å². The number of rotatable bonds is 3. The van der Waals surface area contributed by atoms with Gasteiger partial charge in [-0.3, -0.25) is 10.1 Å². The average molecular weight is 304 g/mol. The van der Waals surface area contributed by atoms with E-state index in [0.29, 0.717) is 15.3 Å². The lowest BCUT2D eigenvalue weighted by Crippen LogP contribution is -2.13. The highest BCUT2D eigenvalue weighted by Crippen LogP contribution is 2.27. The summed E-state index contributed by atoms with van der Waals surface area (Å²) in [5, 5.41) is 15.3. The molecule has 3 rings (SSSR count). The predicted molar refractivity (Wildman–Crippen MR) is 73.6 cm³/mol. The molecule has 2 heterocycles. The topological polar surface area (TPSA) is 118 Å². The summed E-state index contributed by atoms with van der Waals surface area (Å²) < 4.78 is 5.38. The molecule has 8 nitrogen and oxygen atoms in total. The monoisotopic (exact) mass is 304 g/mol. The number of aromatic carboxylic acids is 1. The third-order valence-corrected chi connectivity index (χ3v) is 3.52. The van der Waals surface area contributed by atoms with Crippen LogP contribution in [0, 0.1) is 6.92 Å². The van der Waals surface area contributed by atoms with Crippen LogP contribution in [0.25, 0.3) is 10.2 Å². The number of aryl methyl sites for hydroxylation is 1. The van der Waals surface area contributed by atoms with Gasteiger partial charge in [0.05, 0.1) is 15.8 Å². The molecule has 21 heavy (non-hydrogen) atoms. The summed E-state index contributed by atoms with van der Waals surface area (Å²) in [5.41, 5.74) is 0.766. The minimum Gasteiger partial charge on any atom is -0.478 e. The molecule has 0 unspecified atom stereocenters. The second-order valence-electron chi connectivity index (χ2n) is 4.10. The first kappa shape index (κ1) is 13.2. The molecule has 0 atom stereocenters. The Kier molecular flexibility index (Phi) is 3.10. The number of benzene rings is 1. The van der Waals surface area contributed by atoms with Crippen LogP contribution in [0.5, 0.6) is 0 Å². The van der Waals surface area contributed by atoms with E-state index in [1.807, 2.05) is 0 Å². The summed E-state index contributed by atoms with van der Waals surface area (Å²) in [6, 6.07) is 4.55. The highest BCUT2D eigenvalue weighted by molar-refractivity contribution is 7.22. The van der Waals surface area contributed by atoms with E-state index in [2.05, 4.69) is 20.4 Å². The van der Waals surface area contributed by atoms with E-state index in [-0.39, 0.29) is 17.3 Å². The third-order valence-electron chi connectivity index (χ3n) is 2.59. The maximum Gasteiger partial charge on any atom is 0.335 e. The molecule has 0 fully saturated rings. The van der Waals surface area contributed by atoms with E-state index in [0.717, 1.165) is 0 Å². The van der Waals surface area contributed by atoms with Crippen molar-refractivity contribution in [2.75, 3.05) is 5.32 Å². The summed E-state index contributed by atoms with van der Waals surface area (Å²) in [6.07, 6.45) is 0. The number of nitrogens with one attached hydrogen (secondary N) is 1. The lowest BCUT2D eigenvalue weighted by atomic mass is 10.2. The van der Waals surface area contributed by atoms with Gasteiger partial charge in [0, 0.05) is 6.92 Å². The maximum atomic E-state index is 11.9. The van der Waals surface area contributed by atoms with Crippen LogP contribution >= 0.6 is 11.3 Å². The number of anilines is 1. The molecule has 0 aliphatic heterocycles. The van der Waals surface area contributed by atoms with Crippen LogP contribution in [0.15, 0.2) is 22.7 Å². The largest absolute Gasteiger partial charge is 0.478 e. The number of thiazole rings is 1. The van der Waals surface area contributed by atoms with Crippen LogP contribution < -0.4 is 5.32 Å². The van der Waals surface area contributed by atoms with Gasteiger partial charge in [-0.25, -0.2) is 9.78 Å².